The van der Waals surface area contributed by atoms with Crippen molar-refractivity contribution in [2.45, 2.75) is 55.5 Å². The van der Waals surface area contributed by atoms with Crippen molar-refractivity contribution in [1.82, 2.24) is 0 Å². The van der Waals surface area contributed by atoms with Crippen LogP contribution in [0, 0.1) is 5.82 Å². The normalized spacial score (nSPS) is 22.1. The lowest BCUT2D eigenvalue weighted by Gasteiger charge is -2.30. The zero-order chi connectivity index (χ0) is 17.4. The predicted octanol–water partition coefficient (Wildman–Crippen LogP) is 5.57. The Morgan fingerprint density at radius 3 is 1.96 bits per heavy atom. The second kappa shape index (κ2) is 4.58. The van der Waals surface area contributed by atoms with Crippen LogP contribution in [0.15, 0.2) is 10.5 Å². The van der Waals surface area contributed by atoms with Crippen LogP contribution in [0.25, 0.3) is 0 Å². The van der Waals surface area contributed by atoms with Gasteiger partial charge in [-0.1, -0.05) is 6.92 Å². The second-order valence-electron chi connectivity index (χ2n) is 6.66. The summed E-state index contributed by atoms with van der Waals surface area (Å²) in [6.45, 7) is 1.77. The highest BCUT2D eigenvalue weighted by molar-refractivity contribution is 9.10. The molecule has 0 saturated heterocycles. The lowest BCUT2D eigenvalue weighted by molar-refractivity contribution is -0.296. The first-order valence-corrected chi connectivity index (χ1v) is 7.83. The van der Waals surface area contributed by atoms with Gasteiger partial charge in [-0.25, -0.2) is 4.39 Å². The maximum Gasteiger partial charge on any atom is 0.454 e. The monoisotopic (exact) mass is 402 g/mol. The number of alkyl halides is 5. The third-order valence-electron chi connectivity index (χ3n) is 5.05. The van der Waals surface area contributed by atoms with Crippen LogP contribution in [0.2, 0.25) is 0 Å². The molecule has 128 valence electrons. The molecule has 2 aliphatic rings. The zero-order valence-corrected chi connectivity index (χ0v) is 13.6. The lowest BCUT2D eigenvalue weighted by atomic mass is 9.84. The number of phenolic OH excluding ortho intramolecular Hbond substituents is 1. The molecule has 0 heterocycles. The summed E-state index contributed by atoms with van der Waals surface area (Å²) in [5.74, 6) is -7.35. The zero-order valence-electron chi connectivity index (χ0n) is 12.0. The summed E-state index contributed by atoms with van der Waals surface area (Å²) in [6.07, 6.45) is -5.31. The maximum absolute atomic E-state index is 14.2. The van der Waals surface area contributed by atoms with Crippen LogP contribution in [-0.4, -0.2) is 17.2 Å². The van der Waals surface area contributed by atoms with Crippen molar-refractivity contribution in [2.75, 3.05) is 0 Å². The van der Waals surface area contributed by atoms with Crippen molar-refractivity contribution in [1.29, 1.82) is 0 Å². The molecular formula is C15H13BrF6O. The highest BCUT2D eigenvalue weighted by Gasteiger charge is 2.76. The molecule has 23 heavy (non-hydrogen) atoms. The number of rotatable bonds is 3. The van der Waals surface area contributed by atoms with Crippen molar-refractivity contribution in [3.63, 3.8) is 0 Å². The van der Waals surface area contributed by atoms with Gasteiger partial charge in [0.1, 0.15) is 0 Å². The van der Waals surface area contributed by atoms with E-state index in [4.69, 9.17) is 0 Å². The molecule has 1 N–H and O–H groups in total. The molecule has 0 aliphatic heterocycles. The summed E-state index contributed by atoms with van der Waals surface area (Å²) in [5.41, 5.74) is -3.38. The van der Waals surface area contributed by atoms with Crippen molar-refractivity contribution < 1.29 is 31.4 Å². The number of hydrogen-bond acceptors (Lipinski definition) is 1. The molecule has 2 aliphatic carbocycles. The van der Waals surface area contributed by atoms with E-state index in [1.165, 1.54) is 0 Å². The van der Waals surface area contributed by atoms with Gasteiger partial charge in [0.25, 0.3) is 0 Å². The molecule has 0 amide bonds. The van der Waals surface area contributed by atoms with E-state index in [-0.39, 0.29) is 4.47 Å². The Labute approximate surface area is 136 Å². The molecule has 1 aromatic rings. The molecule has 1 nitrogen and oxygen atoms in total. The fourth-order valence-corrected chi connectivity index (χ4v) is 3.81. The van der Waals surface area contributed by atoms with Crippen molar-refractivity contribution in [2.24, 2.45) is 0 Å². The van der Waals surface area contributed by atoms with E-state index in [0.717, 1.165) is 6.07 Å². The van der Waals surface area contributed by atoms with Crippen LogP contribution in [0.4, 0.5) is 26.3 Å². The molecular weight excluding hydrogens is 390 g/mol. The summed E-state index contributed by atoms with van der Waals surface area (Å²) >= 11 is 2.97. The smallest absolute Gasteiger partial charge is 0.454 e. The molecule has 0 atom stereocenters. The Balaban J connectivity index is 2.20. The van der Waals surface area contributed by atoms with Gasteiger partial charge in [-0.15, -0.1) is 0 Å². The molecule has 0 unspecified atom stereocenters. The molecule has 0 spiro atoms. The third kappa shape index (κ3) is 2.20. The van der Waals surface area contributed by atoms with Crippen LogP contribution in [0.1, 0.15) is 43.7 Å². The first-order chi connectivity index (χ1) is 10.4. The van der Waals surface area contributed by atoms with E-state index in [1.807, 2.05) is 0 Å². The van der Waals surface area contributed by atoms with Gasteiger partial charge in [-0.3, -0.25) is 0 Å². The van der Waals surface area contributed by atoms with Crippen LogP contribution >= 0.6 is 15.9 Å². The van der Waals surface area contributed by atoms with Crippen LogP contribution in [-0.2, 0) is 10.8 Å². The van der Waals surface area contributed by atoms with E-state index in [0.29, 0.717) is 18.4 Å². The minimum Gasteiger partial charge on any atom is -0.505 e. The quantitative estimate of drug-likeness (QED) is 0.654. The van der Waals surface area contributed by atoms with Crippen LogP contribution in [0.5, 0.6) is 5.75 Å². The van der Waals surface area contributed by atoms with Crippen LogP contribution < -0.4 is 0 Å². The molecule has 0 bridgehead atoms. The Morgan fingerprint density at radius 2 is 1.57 bits per heavy atom. The molecule has 1 aromatic carbocycles. The van der Waals surface area contributed by atoms with Crippen molar-refractivity contribution in [3.05, 3.63) is 27.5 Å². The van der Waals surface area contributed by atoms with Gasteiger partial charge in [0, 0.05) is 5.56 Å². The highest BCUT2D eigenvalue weighted by Crippen LogP contribution is 2.66. The fourth-order valence-electron chi connectivity index (χ4n) is 3.03. The summed E-state index contributed by atoms with van der Waals surface area (Å²) in [6, 6.07) is 1.11. The summed E-state index contributed by atoms with van der Waals surface area (Å²) < 4.78 is 80.4. The van der Waals surface area contributed by atoms with Crippen LogP contribution in [0.3, 0.4) is 0 Å². The topological polar surface area (TPSA) is 20.2 Å². The molecule has 0 aromatic heterocycles. The van der Waals surface area contributed by atoms with Crippen molar-refractivity contribution in [3.8, 4) is 5.75 Å². The Bertz CT molecular complexity index is 674. The average molecular weight is 403 g/mol. The van der Waals surface area contributed by atoms with Gasteiger partial charge in [0.15, 0.2) is 11.6 Å². The summed E-state index contributed by atoms with van der Waals surface area (Å²) in [7, 11) is 0. The number of benzene rings is 1. The van der Waals surface area contributed by atoms with E-state index < -0.39 is 52.9 Å². The van der Waals surface area contributed by atoms with E-state index in [2.05, 4.69) is 15.9 Å². The number of aromatic hydroxyl groups is 1. The van der Waals surface area contributed by atoms with E-state index in [1.54, 1.807) is 6.92 Å². The Hall–Kier alpha value is -0.920. The maximum atomic E-state index is 14.2. The number of halogens is 7. The standard InChI is InChI=1S/C15H13BrF6O/c1-12(2-3-12)7-6-8(11(23)10(17)9(7)16)13(4-5-13)14(18,19)15(20,21)22/h6,23H,2-5H2,1H3. The summed E-state index contributed by atoms with van der Waals surface area (Å²) in [4.78, 5) is 0. The minimum absolute atomic E-state index is 0.0788. The third-order valence-corrected chi connectivity index (χ3v) is 5.83. The molecule has 2 fully saturated rings. The lowest BCUT2D eigenvalue weighted by Crippen LogP contribution is -2.47. The van der Waals surface area contributed by atoms with Gasteiger partial charge in [0.05, 0.1) is 9.89 Å². The molecule has 2 saturated carbocycles. The van der Waals surface area contributed by atoms with Gasteiger partial charge in [-0.05, 0) is 58.7 Å². The fraction of sp³-hybridized carbons (Fsp3) is 0.600. The minimum atomic E-state index is -5.76. The van der Waals surface area contributed by atoms with Gasteiger partial charge in [-0.2, -0.15) is 22.0 Å². The number of phenols is 1. The number of hydrogen-bond donors (Lipinski definition) is 1. The Kier molecular flexibility index (Phi) is 3.37. The first-order valence-electron chi connectivity index (χ1n) is 7.04. The SMILES string of the molecule is CC1(c2cc(C3(C(F)(F)C(F)(F)F)CC3)c(O)c(F)c2Br)CC1. The largest absolute Gasteiger partial charge is 0.505 e. The van der Waals surface area contributed by atoms with E-state index in [9.17, 15) is 31.4 Å². The Morgan fingerprint density at radius 1 is 1.04 bits per heavy atom. The summed E-state index contributed by atoms with van der Waals surface area (Å²) in [5, 5.41) is 9.89. The van der Waals surface area contributed by atoms with Gasteiger partial charge < -0.3 is 5.11 Å². The van der Waals surface area contributed by atoms with Crippen molar-refractivity contribution >= 4 is 15.9 Å². The first kappa shape index (κ1) is 16.9. The average Bonchev–Trinajstić information content (AvgIpc) is 3.32. The molecule has 3 rings (SSSR count). The second-order valence-corrected chi connectivity index (χ2v) is 7.46. The molecule has 8 heteroatoms. The van der Waals surface area contributed by atoms with E-state index >= 15 is 0 Å². The van der Waals surface area contributed by atoms with Gasteiger partial charge >= 0.3 is 12.1 Å². The van der Waals surface area contributed by atoms with Gasteiger partial charge in [0.2, 0.25) is 0 Å². The predicted molar refractivity (Wildman–Crippen MR) is 74.3 cm³/mol. The molecule has 0 radical (unpaired) electrons. The highest BCUT2D eigenvalue weighted by atomic mass is 79.9.